The van der Waals surface area contributed by atoms with Gasteiger partial charge in [0.25, 0.3) is 5.91 Å². The zero-order valence-corrected chi connectivity index (χ0v) is 15.6. The summed E-state index contributed by atoms with van der Waals surface area (Å²) in [5.41, 5.74) is 0.653. The SMILES string of the molecule is C#CCNc1ccc(C(=O)NC)cc1OC1CN(C(=O)OC(C)(C)C)C1. The quantitative estimate of drug-likeness (QED) is 0.787. The Hall–Kier alpha value is -2.88. The minimum absolute atomic E-state index is 0.172. The number of likely N-dealkylation sites (tertiary alicyclic amines) is 1. The van der Waals surface area contributed by atoms with Gasteiger partial charge >= 0.3 is 6.09 Å². The Balaban J connectivity index is 2.03. The number of anilines is 1. The smallest absolute Gasteiger partial charge is 0.410 e. The molecule has 0 saturated carbocycles. The van der Waals surface area contributed by atoms with Gasteiger partial charge in [0.05, 0.1) is 25.3 Å². The number of hydrogen-bond donors (Lipinski definition) is 2. The Morgan fingerprint density at radius 1 is 1.35 bits per heavy atom. The molecule has 1 aromatic carbocycles. The van der Waals surface area contributed by atoms with Crippen LogP contribution in [0.25, 0.3) is 0 Å². The number of rotatable bonds is 5. The van der Waals surface area contributed by atoms with Crippen molar-refractivity contribution in [2.75, 3.05) is 32.0 Å². The lowest BCUT2D eigenvalue weighted by molar-refractivity contribution is -0.0219. The van der Waals surface area contributed by atoms with Crippen molar-refractivity contribution >= 4 is 17.7 Å². The van der Waals surface area contributed by atoms with E-state index < -0.39 is 5.60 Å². The van der Waals surface area contributed by atoms with E-state index in [4.69, 9.17) is 15.9 Å². The predicted octanol–water partition coefficient (Wildman–Crippen LogP) is 2.09. The molecule has 7 heteroatoms. The van der Waals surface area contributed by atoms with Crippen LogP contribution in [0.15, 0.2) is 18.2 Å². The average molecular weight is 359 g/mol. The monoisotopic (exact) mass is 359 g/mol. The number of amides is 2. The highest BCUT2D eigenvalue weighted by Crippen LogP contribution is 2.29. The van der Waals surface area contributed by atoms with Crippen LogP contribution >= 0.6 is 0 Å². The molecular weight excluding hydrogens is 334 g/mol. The van der Waals surface area contributed by atoms with Crippen molar-refractivity contribution in [3.63, 3.8) is 0 Å². The molecule has 0 atom stereocenters. The average Bonchev–Trinajstić information content (AvgIpc) is 2.53. The Morgan fingerprint density at radius 2 is 2.04 bits per heavy atom. The van der Waals surface area contributed by atoms with E-state index in [1.54, 1.807) is 30.1 Å². The molecule has 2 N–H and O–H groups in total. The van der Waals surface area contributed by atoms with Crippen molar-refractivity contribution in [1.29, 1.82) is 0 Å². The highest BCUT2D eigenvalue weighted by atomic mass is 16.6. The van der Waals surface area contributed by atoms with Gasteiger partial charge in [0.15, 0.2) is 0 Å². The third-order valence-corrected chi connectivity index (χ3v) is 3.65. The van der Waals surface area contributed by atoms with Gasteiger partial charge in [-0.15, -0.1) is 6.42 Å². The van der Waals surface area contributed by atoms with Crippen LogP contribution < -0.4 is 15.4 Å². The molecule has 0 aliphatic carbocycles. The molecule has 1 aromatic rings. The summed E-state index contributed by atoms with van der Waals surface area (Å²) in [7, 11) is 1.57. The maximum Gasteiger partial charge on any atom is 0.410 e. The van der Waals surface area contributed by atoms with Gasteiger partial charge in [0.1, 0.15) is 17.5 Å². The van der Waals surface area contributed by atoms with Crippen LogP contribution in [0.3, 0.4) is 0 Å². The molecule has 0 bridgehead atoms. The van der Waals surface area contributed by atoms with Crippen LogP contribution in [0.2, 0.25) is 0 Å². The molecule has 26 heavy (non-hydrogen) atoms. The largest absolute Gasteiger partial charge is 0.485 e. The molecule has 0 aromatic heterocycles. The van der Waals surface area contributed by atoms with Gasteiger partial charge in [-0.25, -0.2) is 4.79 Å². The minimum Gasteiger partial charge on any atom is -0.485 e. The van der Waals surface area contributed by atoms with Gasteiger partial charge in [-0.05, 0) is 39.0 Å². The number of benzene rings is 1. The number of nitrogens with zero attached hydrogens (tertiary/aromatic N) is 1. The molecule has 1 aliphatic heterocycles. The van der Waals surface area contributed by atoms with E-state index in [0.29, 0.717) is 36.6 Å². The second-order valence-corrected chi connectivity index (χ2v) is 6.97. The standard InChI is InChI=1S/C19H25N3O4/c1-6-9-21-15-8-7-13(17(23)20-5)10-16(15)25-14-11-22(12-14)18(24)26-19(2,3)4/h1,7-8,10,14,21H,9,11-12H2,2-5H3,(H,20,23). The maximum atomic E-state index is 12.0. The normalized spacial score (nSPS) is 14.0. The molecule has 1 saturated heterocycles. The van der Waals surface area contributed by atoms with E-state index in [1.165, 1.54) is 0 Å². The molecule has 1 heterocycles. The number of carbonyl (C=O) groups is 2. The van der Waals surface area contributed by atoms with E-state index >= 15 is 0 Å². The lowest BCUT2D eigenvalue weighted by Crippen LogP contribution is -2.57. The van der Waals surface area contributed by atoms with Crippen molar-refractivity contribution in [2.45, 2.75) is 32.5 Å². The summed E-state index contributed by atoms with van der Waals surface area (Å²) in [6.45, 7) is 6.66. The maximum absolute atomic E-state index is 12.0. The van der Waals surface area contributed by atoms with Crippen LogP contribution in [0.1, 0.15) is 31.1 Å². The topological polar surface area (TPSA) is 79.9 Å². The van der Waals surface area contributed by atoms with E-state index in [1.807, 2.05) is 20.8 Å². The second-order valence-electron chi connectivity index (χ2n) is 6.97. The van der Waals surface area contributed by atoms with Crippen molar-refractivity contribution in [2.24, 2.45) is 0 Å². The number of terminal acetylenes is 1. The number of nitrogens with one attached hydrogen (secondary N) is 2. The molecule has 1 aliphatic rings. The summed E-state index contributed by atoms with van der Waals surface area (Å²) in [4.78, 5) is 25.4. The van der Waals surface area contributed by atoms with Crippen LogP contribution in [0, 0.1) is 12.3 Å². The van der Waals surface area contributed by atoms with Crippen LogP contribution in [-0.2, 0) is 4.74 Å². The summed E-state index contributed by atoms with van der Waals surface area (Å²) >= 11 is 0. The zero-order valence-electron chi connectivity index (χ0n) is 15.6. The van der Waals surface area contributed by atoms with E-state index in [0.717, 1.165) is 0 Å². The molecule has 140 valence electrons. The first-order chi connectivity index (χ1) is 12.2. The molecular formula is C19H25N3O4. The first-order valence-corrected chi connectivity index (χ1v) is 8.41. The third kappa shape index (κ3) is 5.06. The van der Waals surface area contributed by atoms with Gasteiger partial charge in [0.2, 0.25) is 0 Å². The number of ether oxygens (including phenoxy) is 2. The predicted molar refractivity (Wildman–Crippen MR) is 99.4 cm³/mol. The molecule has 0 radical (unpaired) electrons. The molecule has 0 spiro atoms. The van der Waals surface area contributed by atoms with E-state index in [-0.39, 0.29) is 18.1 Å². The Labute approximate surface area is 154 Å². The van der Waals surface area contributed by atoms with Crippen LogP contribution in [-0.4, -0.2) is 55.3 Å². The number of hydrogen-bond acceptors (Lipinski definition) is 5. The highest BCUT2D eigenvalue weighted by Gasteiger charge is 2.35. The van der Waals surface area contributed by atoms with Crippen LogP contribution in [0.4, 0.5) is 10.5 Å². The van der Waals surface area contributed by atoms with Crippen LogP contribution in [0.5, 0.6) is 5.75 Å². The van der Waals surface area contributed by atoms with Gasteiger partial charge < -0.3 is 25.0 Å². The highest BCUT2D eigenvalue weighted by molar-refractivity contribution is 5.95. The minimum atomic E-state index is -0.531. The van der Waals surface area contributed by atoms with E-state index in [2.05, 4.69) is 16.6 Å². The zero-order chi connectivity index (χ0) is 19.3. The molecule has 2 amide bonds. The molecule has 0 unspecified atom stereocenters. The molecule has 7 nitrogen and oxygen atoms in total. The fraction of sp³-hybridized carbons (Fsp3) is 0.474. The Bertz CT molecular complexity index is 712. The fourth-order valence-corrected chi connectivity index (χ4v) is 2.37. The van der Waals surface area contributed by atoms with Crippen molar-refractivity contribution in [3.8, 4) is 18.1 Å². The first kappa shape index (κ1) is 19.4. The summed E-state index contributed by atoms with van der Waals surface area (Å²) in [6, 6.07) is 5.10. The van der Waals surface area contributed by atoms with Gasteiger partial charge in [0, 0.05) is 12.6 Å². The lowest BCUT2D eigenvalue weighted by Gasteiger charge is -2.39. The lowest BCUT2D eigenvalue weighted by atomic mass is 10.1. The molecule has 2 rings (SSSR count). The van der Waals surface area contributed by atoms with E-state index in [9.17, 15) is 9.59 Å². The summed E-state index contributed by atoms with van der Waals surface area (Å²) < 4.78 is 11.3. The summed E-state index contributed by atoms with van der Waals surface area (Å²) in [5.74, 6) is 2.82. The molecule has 1 fully saturated rings. The van der Waals surface area contributed by atoms with Crippen molar-refractivity contribution in [1.82, 2.24) is 10.2 Å². The fourth-order valence-electron chi connectivity index (χ4n) is 2.37. The van der Waals surface area contributed by atoms with Gasteiger partial charge in [-0.1, -0.05) is 5.92 Å². The second kappa shape index (κ2) is 8.00. The summed E-state index contributed by atoms with van der Waals surface area (Å²) in [6.07, 6.45) is 4.76. The Morgan fingerprint density at radius 3 is 2.62 bits per heavy atom. The van der Waals surface area contributed by atoms with Crippen molar-refractivity contribution < 1.29 is 19.1 Å². The third-order valence-electron chi connectivity index (χ3n) is 3.65. The van der Waals surface area contributed by atoms with Gasteiger partial charge in [-0.3, -0.25) is 4.79 Å². The summed E-state index contributed by atoms with van der Waals surface area (Å²) in [5, 5.41) is 5.65. The first-order valence-electron chi connectivity index (χ1n) is 8.41. The Kier molecular flexibility index (Phi) is 5.98. The van der Waals surface area contributed by atoms with Gasteiger partial charge in [-0.2, -0.15) is 0 Å². The van der Waals surface area contributed by atoms with Crippen molar-refractivity contribution in [3.05, 3.63) is 23.8 Å². The number of carbonyl (C=O) groups excluding carboxylic acids is 2.